The zero-order chi connectivity index (χ0) is 12.6. The monoisotopic (exact) mass is 267 g/mol. The highest BCUT2D eigenvalue weighted by Gasteiger charge is 2.08. The van der Waals surface area contributed by atoms with Crippen LogP contribution in [-0.4, -0.2) is 37.0 Å². The van der Waals surface area contributed by atoms with Gasteiger partial charge in [-0.15, -0.1) is 10.2 Å². The predicted octanol–water partition coefficient (Wildman–Crippen LogP) is 1.97. The first-order valence-corrected chi connectivity index (χ1v) is 6.77. The van der Waals surface area contributed by atoms with E-state index in [2.05, 4.69) is 15.5 Å². The zero-order valence-electron chi connectivity index (χ0n) is 10.4. The van der Waals surface area contributed by atoms with Crippen molar-refractivity contribution in [2.45, 2.75) is 12.8 Å². The molecule has 0 bridgehead atoms. The zero-order valence-corrected chi connectivity index (χ0v) is 11.2. The van der Waals surface area contributed by atoms with Gasteiger partial charge in [-0.1, -0.05) is 11.3 Å². The summed E-state index contributed by atoms with van der Waals surface area (Å²) in [5.41, 5.74) is 0. The molecule has 0 amide bonds. The number of aryl methyl sites for hydroxylation is 1. The molecular weight excluding hydrogens is 250 g/mol. The van der Waals surface area contributed by atoms with E-state index in [1.165, 1.54) is 0 Å². The van der Waals surface area contributed by atoms with Gasteiger partial charge in [-0.3, -0.25) is 0 Å². The number of nitrogens with zero attached hydrogens (tertiary/aromatic N) is 2. The quantitative estimate of drug-likeness (QED) is 0.741. The maximum absolute atomic E-state index is 5.28. The summed E-state index contributed by atoms with van der Waals surface area (Å²) in [6, 6.07) is 3.76. The number of rotatable bonds is 8. The van der Waals surface area contributed by atoms with Crippen molar-refractivity contribution in [2.24, 2.45) is 0 Å². The molecule has 98 valence electrons. The van der Waals surface area contributed by atoms with Crippen molar-refractivity contribution in [3.8, 4) is 10.8 Å². The van der Waals surface area contributed by atoms with Gasteiger partial charge in [-0.05, 0) is 25.1 Å². The molecule has 2 aromatic rings. The highest BCUT2D eigenvalue weighted by Crippen LogP contribution is 2.24. The SMILES string of the molecule is COCCNCCCc1nnc(-c2ccco2)s1. The van der Waals surface area contributed by atoms with Crippen LogP contribution in [0.5, 0.6) is 0 Å². The Labute approximate surface area is 110 Å². The fourth-order valence-corrected chi connectivity index (χ4v) is 2.37. The molecule has 5 nitrogen and oxygen atoms in total. The van der Waals surface area contributed by atoms with Crippen LogP contribution in [0.4, 0.5) is 0 Å². The van der Waals surface area contributed by atoms with Crippen molar-refractivity contribution in [3.05, 3.63) is 23.4 Å². The van der Waals surface area contributed by atoms with E-state index >= 15 is 0 Å². The van der Waals surface area contributed by atoms with Gasteiger partial charge in [-0.25, -0.2) is 0 Å². The molecule has 2 heterocycles. The standard InChI is InChI=1S/C12H17N3O2S/c1-16-9-7-13-6-2-5-11-14-15-12(18-11)10-4-3-8-17-10/h3-4,8,13H,2,5-7,9H2,1H3. The normalized spacial score (nSPS) is 10.9. The Bertz CT molecular complexity index is 442. The lowest BCUT2D eigenvalue weighted by Crippen LogP contribution is -2.20. The Balaban J connectivity index is 1.71. The minimum atomic E-state index is 0.751. The minimum Gasteiger partial charge on any atom is -0.462 e. The van der Waals surface area contributed by atoms with E-state index in [1.807, 2.05) is 12.1 Å². The van der Waals surface area contributed by atoms with E-state index in [4.69, 9.17) is 9.15 Å². The Morgan fingerprint density at radius 3 is 3.11 bits per heavy atom. The van der Waals surface area contributed by atoms with Gasteiger partial charge in [0.15, 0.2) is 10.8 Å². The number of hydrogen-bond donors (Lipinski definition) is 1. The van der Waals surface area contributed by atoms with Crippen LogP contribution >= 0.6 is 11.3 Å². The second-order valence-electron chi connectivity index (χ2n) is 3.82. The first-order valence-electron chi connectivity index (χ1n) is 5.96. The summed E-state index contributed by atoms with van der Waals surface area (Å²) < 4.78 is 10.2. The fourth-order valence-electron chi connectivity index (χ4n) is 1.52. The molecule has 18 heavy (non-hydrogen) atoms. The average Bonchev–Trinajstić information content (AvgIpc) is 3.03. The molecule has 0 atom stereocenters. The molecule has 0 aliphatic heterocycles. The van der Waals surface area contributed by atoms with Crippen LogP contribution < -0.4 is 5.32 Å². The summed E-state index contributed by atoms with van der Waals surface area (Å²) in [4.78, 5) is 0. The molecule has 0 saturated heterocycles. The van der Waals surface area contributed by atoms with Crippen molar-refractivity contribution in [2.75, 3.05) is 26.8 Å². The van der Waals surface area contributed by atoms with E-state index in [1.54, 1.807) is 24.7 Å². The van der Waals surface area contributed by atoms with E-state index in [0.717, 1.165) is 48.3 Å². The fraction of sp³-hybridized carbons (Fsp3) is 0.500. The van der Waals surface area contributed by atoms with Crippen LogP contribution in [0, 0.1) is 0 Å². The van der Waals surface area contributed by atoms with Gasteiger partial charge in [-0.2, -0.15) is 0 Å². The smallest absolute Gasteiger partial charge is 0.183 e. The first-order chi connectivity index (χ1) is 8.90. The van der Waals surface area contributed by atoms with Gasteiger partial charge in [0.1, 0.15) is 5.01 Å². The predicted molar refractivity (Wildman–Crippen MR) is 70.7 cm³/mol. The number of furan rings is 1. The van der Waals surface area contributed by atoms with Crippen LogP contribution in [0.15, 0.2) is 22.8 Å². The van der Waals surface area contributed by atoms with Crippen molar-refractivity contribution in [3.63, 3.8) is 0 Å². The van der Waals surface area contributed by atoms with Crippen LogP contribution in [0.3, 0.4) is 0 Å². The summed E-state index contributed by atoms with van der Waals surface area (Å²) in [5, 5.41) is 13.5. The molecule has 0 unspecified atom stereocenters. The Kier molecular flexibility index (Phi) is 5.32. The lowest BCUT2D eigenvalue weighted by Gasteiger charge is -2.01. The lowest BCUT2D eigenvalue weighted by atomic mass is 10.3. The number of hydrogen-bond acceptors (Lipinski definition) is 6. The largest absolute Gasteiger partial charge is 0.462 e. The minimum absolute atomic E-state index is 0.751. The van der Waals surface area contributed by atoms with Gasteiger partial charge in [0.05, 0.1) is 12.9 Å². The maximum Gasteiger partial charge on any atom is 0.183 e. The van der Waals surface area contributed by atoms with Gasteiger partial charge < -0.3 is 14.5 Å². The summed E-state index contributed by atoms with van der Waals surface area (Å²) in [6.45, 7) is 2.62. The molecule has 0 aliphatic rings. The van der Waals surface area contributed by atoms with Crippen LogP contribution in [-0.2, 0) is 11.2 Å². The second-order valence-corrected chi connectivity index (χ2v) is 4.89. The molecular formula is C12H17N3O2S. The molecule has 0 spiro atoms. The van der Waals surface area contributed by atoms with Gasteiger partial charge >= 0.3 is 0 Å². The Morgan fingerprint density at radius 1 is 1.39 bits per heavy atom. The molecule has 0 fully saturated rings. The number of ether oxygens (including phenoxy) is 1. The third-order valence-corrected chi connectivity index (χ3v) is 3.42. The van der Waals surface area contributed by atoms with Crippen molar-refractivity contribution in [1.82, 2.24) is 15.5 Å². The topological polar surface area (TPSA) is 60.2 Å². The molecule has 0 aliphatic carbocycles. The van der Waals surface area contributed by atoms with Crippen molar-refractivity contribution >= 4 is 11.3 Å². The van der Waals surface area contributed by atoms with E-state index in [0.29, 0.717) is 0 Å². The third kappa shape index (κ3) is 3.90. The van der Waals surface area contributed by atoms with Gasteiger partial charge in [0, 0.05) is 20.1 Å². The van der Waals surface area contributed by atoms with Crippen LogP contribution in [0.1, 0.15) is 11.4 Å². The second kappa shape index (κ2) is 7.25. The van der Waals surface area contributed by atoms with Crippen LogP contribution in [0.2, 0.25) is 0 Å². The van der Waals surface area contributed by atoms with Gasteiger partial charge in [0.25, 0.3) is 0 Å². The number of aromatic nitrogens is 2. The highest BCUT2D eigenvalue weighted by atomic mass is 32.1. The third-order valence-electron chi connectivity index (χ3n) is 2.43. The van der Waals surface area contributed by atoms with E-state index in [-0.39, 0.29) is 0 Å². The average molecular weight is 267 g/mol. The molecule has 0 radical (unpaired) electrons. The van der Waals surface area contributed by atoms with Crippen molar-refractivity contribution < 1.29 is 9.15 Å². The van der Waals surface area contributed by atoms with Gasteiger partial charge in [0.2, 0.25) is 0 Å². The molecule has 2 rings (SSSR count). The Hall–Kier alpha value is -1.24. The maximum atomic E-state index is 5.28. The molecule has 6 heteroatoms. The number of nitrogens with one attached hydrogen (secondary N) is 1. The summed E-state index contributed by atoms with van der Waals surface area (Å²) in [6.07, 6.45) is 3.64. The molecule has 0 saturated carbocycles. The number of methoxy groups -OCH3 is 1. The summed E-state index contributed by atoms with van der Waals surface area (Å²) in [7, 11) is 1.71. The highest BCUT2D eigenvalue weighted by molar-refractivity contribution is 7.14. The van der Waals surface area contributed by atoms with Crippen LogP contribution in [0.25, 0.3) is 10.8 Å². The summed E-state index contributed by atoms with van der Waals surface area (Å²) in [5.74, 6) is 0.789. The Morgan fingerprint density at radius 2 is 2.33 bits per heavy atom. The van der Waals surface area contributed by atoms with E-state index in [9.17, 15) is 0 Å². The van der Waals surface area contributed by atoms with E-state index < -0.39 is 0 Å². The summed E-state index contributed by atoms with van der Waals surface area (Å²) >= 11 is 1.59. The molecule has 0 aromatic carbocycles. The molecule has 1 N–H and O–H groups in total. The van der Waals surface area contributed by atoms with Crippen molar-refractivity contribution in [1.29, 1.82) is 0 Å². The molecule has 2 aromatic heterocycles. The lowest BCUT2D eigenvalue weighted by molar-refractivity contribution is 0.199. The first kappa shape index (κ1) is 13.2.